The van der Waals surface area contributed by atoms with Gasteiger partial charge in [0.1, 0.15) is 0 Å². The maximum absolute atomic E-state index is 12.8. The summed E-state index contributed by atoms with van der Waals surface area (Å²) in [4.78, 5) is 31.5. The molecule has 0 aliphatic carbocycles. The molecule has 0 radical (unpaired) electrons. The van der Waals surface area contributed by atoms with Crippen molar-refractivity contribution in [3.05, 3.63) is 71.3 Å². The molecule has 1 fully saturated rings. The van der Waals surface area contributed by atoms with E-state index >= 15 is 0 Å². The number of carbonyl (C=O) groups excluding carboxylic acids is 2. The topological polar surface area (TPSA) is 43.9 Å². The predicted octanol–water partition coefficient (Wildman–Crippen LogP) is 2.74. The Morgan fingerprint density at radius 2 is 1.59 bits per heavy atom. The van der Waals surface area contributed by atoms with E-state index in [0.717, 1.165) is 38.3 Å². The minimum Gasteiger partial charge on any atom is -0.337 e. The Balaban J connectivity index is 1.67. The maximum Gasteiger partial charge on any atom is 0.253 e. The van der Waals surface area contributed by atoms with E-state index in [0.29, 0.717) is 17.7 Å². The van der Waals surface area contributed by atoms with Crippen LogP contribution in [0.4, 0.5) is 0 Å². The lowest BCUT2D eigenvalue weighted by molar-refractivity contribution is 0.0643. The number of carbonyl (C=O) groups is 2. The first-order valence-electron chi connectivity index (χ1n) is 9.49. The number of hydrogen-bond donors (Lipinski definition) is 0. The number of hydrogen-bond acceptors (Lipinski definition) is 3. The summed E-state index contributed by atoms with van der Waals surface area (Å²) >= 11 is 0. The molecule has 0 bridgehead atoms. The van der Waals surface area contributed by atoms with Gasteiger partial charge in [0, 0.05) is 50.9 Å². The normalized spacial score (nSPS) is 14.8. The van der Waals surface area contributed by atoms with Gasteiger partial charge in [-0.1, -0.05) is 43.3 Å². The lowest BCUT2D eigenvalue weighted by atomic mass is 10.1. The predicted molar refractivity (Wildman–Crippen MR) is 107 cm³/mol. The zero-order valence-electron chi connectivity index (χ0n) is 16.1. The van der Waals surface area contributed by atoms with Crippen LogP contribution in [0.15, 0.2) is 54.6 Å². The quantitative estimate of drug-likeness (QED) is 0.818. The third-order valence-corrected chi connectivity index (χ3v) is 5.07. The molecule has 142 valence electrons. The second-order valence-electron chi connectivity index (χ2n) is 6.95. The van der Waals surface area contributed by atoms with Crippen LogP contribution in [0.3, 0.4) is 0 Å². The summed E-state index contributed by atoms with van der Waals surface area (Å²) in [6.45, 7) is 6.97. The molecule has 0 atom stereocenters. The molecule has 1 heterocycles. The van der Waals surface area contributed by atoms with Gasteiger partial charge in [-0.3, -0.25) is 9.59 Å². The van der Waals surface area contributed by atoms with E-state index in [9.17, 15) is 9.59 Å². The molecule has 1 saturated heterocycles. The first kappa shape index (κ1) is 19.1. The van der Waals surface area contributed by atoms with Crippen LogP contribution in [0.2, 0.25) is 0 Å². The highest BCUT2D eigenvalue weighted by Gasteiger charge is 2.22. The maximum atomic E-state index is 12.8. The van der Waals surface area contributed by atoms with Gasteiger partial charge in [-0.15, -0.1) is 0 Å². The van der Waals surface area contributed by atoms with Crippen LogP contribution >= 0.6 is 0 Å². The van der Waals surface area contributed by atoms with E-state index in [2.05, 4.69) is 11.8 Å². The molecule has 2 aromatic carbocycles. The molecule has 1 aliphatic heterocycles. The largest absolute Gasteiger partial charge is 0.337 e. The van der Waals surface area contributed by atoms with Gasteiger partial charge < -0.3 is 14.7 Å². The van der Waals surface area contributed by atoms with Gasteiger partial charge >= 0.3 is 0 Å². The molecule has 5 heteroatoms. The van der Waals surface area contributed by atoms with Crippen molar-refractivity contribution >= 4 is 11.8 Å². The third kappa shape index (κ3) is 4.74. The molecule has 0 N–H and O–H groups in total. The Hall–Kier alpha value is -2.66. The summed E-state index contributed by atoms with van der Waals surface area (Å²) in [5, 5.41) is 0. The number of amides is 2. The zero-order valence-corrected chi connectivity index (χ0v) is 16.1. The standard InChI is InChI=1S/C22H27N3O2/c1-3-24-12-14-25(15-13-24)22(27)20-11-7-10-19(16-20)21(26)23(2)17-18-8-5-4-6-9-18/h4-11,16H,3,12-15,17H2,1-2H3. The molecular formula is C22H27N3O2. The SMILES string of the molecule is CCN1CCN(C(=O)c2cccc(C(=O)N(C)Cc3ccccc3)c2)CC1. The minimum atomic E-state index is -0.0793. The monoisotopic (exact) mass is 365 g/mol. The first-order valence-corrected chi connectivity index (χ1v) is 9.49. The summed E-state index contributed by atoms with van der Waals surface area (Å²) < 4.78 is 0. The summed E-state index contributed by atoms with van der Waals surface area (Å²) in [7, 11) is 1.79. The summed E-state index contributed by atoms with van der Waals surface area (Å²) in [5.41, 5.74) is 2.21. The number of piperazine rings is 1. The van der Waals surface area contributed by atoms with Gasteiger partial charge in [0.05, 0.1) is 0 Å². The van der Waals surface area contributed by atoms with Crippen molar-refractivity contribution in [2.75, 3.05) is 39.8 Å². The van der Waals surface area contributed by atoms with Crippen LogP contribution in [0.5, 0.6) is 0 Å². The van der Waals surface area contributed by atoms with Crippen LogP contribution in [0.25, 0.3) is 0 Å². The minimum absolute atomic E-state index is 0.00566. The fourth-order valence-electron chi connectivity index (χ4n) is 3.38. The highest BCUT2D eigenvalue weighted by Crippen LogP contribution is 2.14. The molecular weight excluding hydrogens is 338 g/mol. The Labute approximate surface area is 161 Å². The second kappa shape index (κ2) is 8.82. The van der Waals surface area contributed by atoms with Gasteiger partial charge in [-0.25, -0.2) is 0 Å². The van der Waals surface area contributed by atoms with Crippen molar-refractivity contribution in [3.63, 3.8) is 0 Å². The summed E-state index contributed by atoms with van der Waals surface area (Å²) in [6.07, 6.45) is 0. The Morgan fingerprint density at radius 1 is 0.926 bits per heavy atom. The third-order valence-electron chi connectivity index (χ3n) is 5.07. The van der Waals surface area contributed by atoms with Gasteiger partial charge in [-0.2, -0.15) is 0 Å². The molecule has 3 rings (SSSR count). The van der Waals surface area contributed by atoms with Crippen LogP contribution < -0.4 is 0 Å². The number of benzene rings is 2. The van der Waals surface area contributed by atoms with Gasteiger partial charge in [0.25, 0.3) is 11.8 Å². The summed E-state index contributed by atoms with van der Waals surface area (Å²) in [6, 6.07) is 17.0. The molecule has 0 aromatic heterocycles. The van der Waals surface area contributed by atoms with Crippen LogP contribution in [-0.2, 0) is 6.54 Å². The number of rotatable bonds is 5. The first-order chi connectivity index (χ1) is 13.1. The van der Waals surface area contributed by atoms with Crippen molar-refractivity contribution in [1.29, 1.82) is 0 Å². The van der Waals surface area contributed by atoms with Crippen LogP contribution in [-0.4, -0.2) is 66.3 Å². The average Bonchev–Trinajstić information content (AvgIpc) is 2.73. The lowest BCUT2D eigenvalue weighted by Gasteiger charge is -2.34. The zero-order chi connectivity index (χ0) is 19.2. The molecule has 27 heavy (non-hydrogen) atoms. The van der Waals surface area contributed by atoms with Crippen LogP contribution in [0.1, 0.15) is 33.2 Å². The van der Waals surface area contributed by atoms with E-state index in [1.54, 1.807) is 36.2 Å². The molecule has 0 saturated carbocycles. The molecule has 2 amide bonds. The Bertz CT molecular complexity index is 783. The van der Waals surface area contributed by atoms with Crippen molar-refractivity contribution < 1.29 is 9.59 Å². The fraction of sp³-hybridized carbons (Fsp3) is 0.364. The van der Waals surface area contributed by atoms with Crippen molar-refractivity contribution in [1.82, 2.24) is 14.7 Å². The molecule has 1 aliphatic rings. The highest BCUT2D eigenvalue weighted by atomic mass is 16.2. The number of nitrogens with zero attached hydrogens (tertiary/aromatic N) is 3. The van der Waals surface area contributed by atoms with Crippen LogP contribution in [0, 0.1) is 0 Å². The van der Waals surface area contributed by atoms with E-state index in [4.69, 9.17) is 0 Å². The summed E-state index contributed by atoms with van der Waals surface area (Å²) in [5.74, 6) is -0.0737. The van der Waals surface area contributed by atoms with Gasteiger partial charge in [0.15, 0.2) is 0 Å². The van der Waals surface area contributed by atoms with E-state index < -0.39 is 0 Å². The van der Waals surface area contributed by atoms with E-state index in [1.807, 2.05) is 35.2 Å². The fourth-order valence-corrected chi connectivity index (χ4v) is 3.38. The second-order valence-corrected chi connectivity index (χ2v) is 6.95. The van der Waals surface area contributed by atoms with Gasteiger partial charge in [0.2, 0.25) is 0 Å². The molecule has 2 aromatic rings. The molecule has 5 nitrogen and oxygen atoms in total. The Kier molecular flexibility index (Phi) is 6.24. The average molecular weight is 365 g/mol. The highest BCUT2D eigenvalue weighted by molar-refractivity contribution is 5.99. The van der Waals surface area contributed by atoms with Crippen molar-refractivity contribution in [2.24, 2.45) is 0 Å². The van der Waals surface area contributed by atoms with Crippen molar-refractivity contribution in [2.45, 2.75) is 13.5 Å². The Morgan fingerprint density at radius 3 is 2.26 bits per heavy atom. The van der Waals surface area contributed by atoms with E-state index in [-0.39, 0.29) is 11.8 Å². The number of likely N-dealkylation sites (N-methyl/N-ethyl adjacent to an activating group) is 1. The van der Waals surface area contributed by atoms with Gasteiger partial charge in [-0.05, 0) is 30.3 Å². The van der Waals surface area contributed by atoms with E-state index in [1.165, 1.54) is 0 Å². The smallest absolute Gasteiger partial charge is 0.253 e. The lowest BCUT2D eigenvalue weighted by Crippen LogP contribution is -2.48. The molecule has 0 unspecified atom stereocenters. The molecule has 0 spiro atoms. The van der Waals surface area contributed by atoms with Crippen molar-refractivity contribution in [3.8, 4) is 0 Å².